The van der Waals surface area contributed by atoms with Crippen molar-refractivity contribution in [2.75, 3.05) is 0 Å². The third-order valence-corrected chi connectivity index (χ3v) is 3.26. The molecule has 78 valence electrons. The molecule has 0 radical (unpaired) electrons. The Labute approximate surface area is 90.6 Å². The van der Waals surface area contributed by atoms with E-state index in [1.807, 2.05) is 11.4 Å². The van der Waals surface area contributed by atoms with Crippen molar-refractivity contribution in [3.05, 3.63) is 29.1 Å². The molecule has 0 spiro atoms. The van der Waals surface area contributed by atoms with E-state index >= 15 is 0 Å². The predicted octanol–water partition coefficient (Wildman–Crippen LogP) is 2.62. The van der Waals surface area contributed by atoms with Crippen molar-refractivity contribution in [1.82, 2.24) is 0 Å². The Morgan fingerprint density at radius 2 is 2.20 bits per heavy atom. The van der Waals surface area contributed by atoms with Crippen molar-refractivity contribution < 1.29 is 15.0 Å². The number of aryl methyl sites for hydroxylation is 1. The average molecular weight is 222 g/mol. The lowest BCUT2D eigenvalue weighted by Gasteiger charge is -1.97. The first kappa shape index (κ1) is 9.98. The van der Waals surface area contributed by atoms with Crippen LogP contribution in [0, 0.1) is 0 Å². The Balaban J connectivity index is 2.35. The zero-order valence-electron chi connectivity index (χ0n) is 7.93. The molecule has 0 atom stereocenters. The van der Waals surface area contributed by atoms with Crippen LogP contribution in [-0.2, 0) is 11.2 Å². The molecule has 2 rings (SSSR count). The largest absolute Gasteiger partial charge is 0.508 e. The summed E-state index contributed by atoms with van der Waals surface area (Å²) < 4.78 is 1.08. The van der Waals surface area contributed by atoms with E-state index in [1.165, 1.54) is 0 Å². The minimum atomic E-state index is -0.797. The van der Waals surface area contributed by atoms with Crippen LogP contribution < -0.4 is 0 Å². The lowest BCUT2D eigenvalue weighted by atomic mass is 10.1. The molecule has 0 amide bonds. The molecule has 0 saturated carbocycles. The van der Waals surface area contributed by atoms with Crippen molar-refractivity contribution in [2.45, 2.75) is 12.8 Å². The van der Waals surface area contributed by atoms with Gasteiger partial charge in [-0.05, 0) is 40.9 Å². The Kier molecular flexibility index (Phi) is 2.60. The molecule has 0 aliphatic heterocycles. The number of carbonyl (C=O) groups is 1. The first-order valence-corrected chi connectivity index (χ1v) is 5.45. The Morgan fingerprint density at radius 1 is 1.40 bits per heavy atom. The second-order valence-electron chi connectivity index (χ2n) is 3.34. The number of hydrogen-bond donors (Lipinski definition) is 2. The molecule has 0 aliphatic rings. The maximum atomic E-state index is 10.5. The van der Waals surface area contributed by atoms with Gasteiger partial charge in [0, 0.05) is 11.1 Å². The van der Waals surface area contributed by atoms with Crippen LogP contribution in [0.15, 0.2) is 23.6 Å². The summed E-state index contributed by atoms with van der Waals surface area (Å²) >= 11 is 1.57. The summed E-state index contributed by atoms with van der Waals surface area (Å²) in [7, 11) is 0. The van der Waals surface area contributed by atoms with E-state index in [-0.39, 0.29) is 12.2 Å². The van der Waals surface area contributed by atoms with E-state index in [0.717, 1.165) is 15.6 Å². The highest BCUT2D eigenvalue weighted by molar-refractivity contribution is 7.17. The molecule has 15 heavy (non-hydrogen) atoms. The highest BCUT2D eigenvalue weighted by atomic mass is 32.1. The second kappa shape index (κ2) is 3.90. The molecule has 0 unspecified atom stereocenters. The number of aromatic hydroxyl groups is 1. The average Bonchev–Trinajstić information content (AvgIpc) is 2.57. The van der Waals surface area contributed by atoms with Crippen molar-refractivity contribution in [2.24, 2.45) is 0 Å². The van der Waals surface area contributed by atoms with Crippen LogP contribution in [0.4, 0.5) is 0 Å². The first-order valence-electron chi connectivity index (χ1n) is 4.57. The van der Waals surface area contributed by atoms with Gasteiger partial charge in [0.25, 0.3) is 0 Å². The molecule has 1 aromatic carbocycles. The van der Waals surface area contributed by atoms with E-state index in [4.69, 9.17) is 5.11 Å². The molecule has 0 fully saturated rings. The Morgan fingerprint density at radius 3 is 2.93 bits per heavy atom. The van der Waals surface area contributed by atoms with Gasteiger partial charge >= 0.3 is 5.97 Å². The number of phenols is 1. The van der Waals surface area contributed by atoms with Crippen LogP contribution in [0.2, 0.25) is 0 Å². The number of carboxylic acid groups (broad SMARTS) is 1. The summed E-state index contributed by atoms with van der Waals surface area (Å²) in [4.78, 5) is 10.5. The maximum absolute atomic E-state index is 10.5. The molecule has 4 heteroatoms. The second-order valence-corrected chi connectivity index (χ2v) is 4.25. The number of aliphatic carboxylic acids is 1. The van der Waals surface area contributed by atoms with E-state index < -0.39 is 5.97 Å². The van der Waals surface area contributed by atoms with Gasteiger partial charge in [-0.3, -0.25) is 4.79 Å². The van der Waals surface area contributed by atoms with Crippen LogP contribution in [0.1, 0.15) is 12.0 Å². The van der Waals surface area contributed by atoms with E-state index in [0.29, 0.717) is 6.42 Å². The van der Waals surface area contributed by atoms with E-state index in [1.54, 1.807) is 23.5 Å². The molecule has 2 N–H and O–H groups in total. The number of hydrogen-bond acceptors (Lipinski definition) is 3. The molecule has 1 heterocycles. The van der Waals surface area contributed by atoms with Crippen LogP contribution in [0.3, 0.4) is 0 Å². The lowest BCUT2D eigenvalue weighted by molar-refractivity contribution is -0.136. The van der Waals surface area contributed by atoms with Crippen molar-refractivity contribution >= 4 is 27.4 Å². The maximum Gasteiger partial charge on any atom is 0.303 e. The zero-order valence-corrected chi connectivity index (χ0v) is 8.75. The lowest BCUT2D eigenvalue weighted by Crippen LogP contribution is -1.96. The highest BCUT2D eigenvalue weighted by Crippen LogP contribution is 2.29. The number of fused-ring (bicyclic) bond motifs is 1. The molecular weight excluding hydrogens is 212 g/mol. The zero-order chi connectivity index (χ0) is 10.8. The van der Waals surface area contributed by atoms with Gasteiger partial charge in [0.2, 0.25) is 0 Å². The fourth-order valence-electron chi connectivity index (χ4n) is 1.50. The first-order chi connectivity index (χ1) is 7.16. The molecule has 2 aromatic rings. The predicted molar refractivity (Wildman–Crippen MR) is 59.4 cm³/mol. The minimum absolute atomic E-state index is 0.126. The van der Waals surface area contributed by atoms with E-state index in [9.17, 15) is 9.90 Å². The normalized spacial score (nSPS) is 10.7. The number of thiophene rings is 1. The van der Waals surface area contributed by atoms with Gasteiger partial charge in [-0.1, -0.05) is 0 Å². The third-order valence-electron chi connectivity index (χ3n) is 2.25. The Hall–Kier alpha value is -1.55. The monoisotopic (exact) mass is 222 g/mol. The summed E-state index contributed by atoms with van der Waals surface area (Å²) in [6.45, 7) is 0. The molecule has 0 bridgehead atoms. The summed E-state index contributed by atoms with van der Waals surface area (Å²) in [6, 6.07) is 5.17. The van der Waals surface area contributed by atoms with Crippen LogP contribution in [-0.4, -0.2) is 16.2 Å². The van der Waals surface area contributed by atoms with Gasteiger partial charge in [-0.25, -0.2) is 0 Å². The minimum Gasteiger partial charge on any atom is -0.508 e. The summed E-state index contributed by atoms with van der Waals surface area (Å²) in [6.07, 6.45) is 0.639. The van der Waals surface area contributed by atoms with E-state index in [2.05, 4.69) is 0 Å². The third kappa shape index (κ3) is 2.10. The fraction of sp³-hybridized carbons (Fsp3) is 0.182. The van der Waals surface area contributed by atoms with Crippen molar-refractivity contribution in [3.63, 3.8) is 0 Å². The summed E-state index contributed by atoms with van der Waals surface area (Å²) in [5.74, 6) is -0.577. The highest BCUT2D eigenvalue weighted by Gasteiger charge is 2.06. The van der Waals surface area contributed by atoms with Gasteiger partial charge in [0.05, 0.1) is 0 Å². The van der Waals surface area contributed by atoms with Crippen molar-refractivity contribution in [3.8, 4) is 5.75 Å². The summed E-state index contributed by atoms with van der Waals surface area (Å²) in [5.41, 5.74) is 0.994. The topological polar surface area (TPSA) is 57.5 Å². The van der Waals surface area contributed by atoms with Crippen molar-refractivity contribution in [1.29, 1.82) is 0 Å². The molecule has 0 saturated heterocycles. The number of carboxylic acids is 1. The van der Waals surface area contributed by atoms with Gasteiger partial charge < -0.3 is 10.2 Å². The standard InChI is InChI=1S/C11H10O3S/c12-8-2-3-10-9(5-8)7(6-15-10)1-4-11(13)14/h2-3,5-6,12H,1,4H2,(H,13,14). The number of phenolic OH excluding ortho intramolecular Hbond substituents is 1. The van der Waals surface area contributed by atoms with Gasteiger partial charge in [0.15, 0.2) is 0 Å². The van der Waals surface area contributed by atoms with Crippen LogP contribution in [0.5, 0.6) is 5.75 Å². The molecule has 0 aliphatic carbocycles. The SMILES string of the molecule is O=C(O)CCc1csc2ccc(O)cc12. The molecular formula is C11H10O3S. The van der Waals surface area contributed by atoms with Gasteiger partial charge in [-0.15, -0.1) is 11.3 Å². The molecule has 3 nitrogen and oxygen atoms in total. The quantitative estimate of drug-likeness (QED) is 0.839. The molecule has 1 aromatic heterocycles. The number of benzene rings is 1. The smallest absolute Gasteiger partial charge is 0.303 e. The van der Waals surface area contributed by atoms with Gasteiger partial charge in [-0.2, -0.15) is 0 Å². The van der Waals surface area contributed by atoms with Gasteiger partial charge in [0.1, 0.15) is 5.75 Å². The Bertz CT molecular complexity index is 502. The van der Waals surface area contributed by atoms with Crippen LogP contribution >= 0.6 is 11.3 Å². The number of rotatable bonds is 3. The summed E-state index contributed by atoms with van der Waals surface area (Å²) in [5, 5.41) is 20.8. The van der Waals surface area contributed by atoms with Crippen LogP contribution in [0.25, 0.3) is 10.1 Å². The fourth-order valence-corrected chi connectivity index (χ4v) is 2.48.